The summed E-state index contributed by atoms with van der Waals surface area (Å²) in [7, 11) is -2.50. The van der Waals surface area contributed by atoms with Gasteiger partial charge in [-0.15, -0.1) is 11.3 Å². The summed E-state index contributed by atoms with van der Waals surface area (Å²) in [5.41, 5.74) is 2.88. The molecule has 0 bridgehead atoms. The van der Waals surface area contributed by atoms with E-state index in [9.17, 15) is 12.8 Å². The van der Waals surface area contributed by atoms with Gasteiger partial charge in [0.25, 0.3) is 0 Å². The van der Waals surface area contributed by atoms with Crippen molar-refractivity contribution in [1.82, 2.24) is 25.3 Å². The molecule has 244 valence electrons. The largest absolute Gasteiger partial charge is 0.487 e. The van der Waals surface area contributed by atoms with Crippen LogP contribution in [0, 0.1) is 11.6 Å². The van der Waals surface area contributed by atoms with E-state index in [4.69, 9.17) is 21.3 Å². The Hall–Kier alpha value is -4.82. The van der Waals surface area contributed by atoms with Gasteiger partial charge in [0, 0.05) is 46.4 Å². The fraction of sp³-hybridized carbons (Fsp3) is 0.147. The molecule has 48 heavy (non-hydrogen) atoms. The first-order valence-corrected chi connectivity index (χ1v) is 17.1. The van der Waals surface area contributed by atoms with Crippen LogP contribution >= 0.6 is 22.9 Å². The Labute approximate surface area is 285 Å². The molecule has 6 rings (SSSR count). The van der Waals surface area contributed by atoms with Crippen LogP contribution in [0.2, 0.25) is 5.02 Å². The second-order valence-electron chi connectivity index (χ2n) is 10.6. The van der Waals surface area contributed by atoms with Crippen LogP contribution < -0.4 is 15.4 Å². The van der Waals surface area contributed by atoms with Crippen molar-refractivity contribution in [2.45, 2.75) is 32.4 Å². The maximum Gasteiger partial charge on any atom is 0.228 e. The van der Waals surface area contributed by atoms with E-state index in [1.807, 2.05) is 6.92 Å². The van der Waals surface area contributed by atoms with Crippen molar-refractivity contribution >= 4 is 60.6 Å². The highest BCUT2D eigenvalue weighted by Gasteiger charge is 2.20. The number of fused-ring (bicyclic) bond motifs is 1. The number of nitrogens with one attached hydrogen (secondary N) is 2. The third-order valence-electron chi connectivity index (χ3n) is 7.31. The molecule has 0 fully saturated rings. The van der Waals surface area contributed by atoms with Crippen molar-refractivity contribution in [3.05, 3.63) is 124 Å². The Morgan fingerprint density at radius 1 is 1.02 bits per heavy atom. The number of rotatable bonds is 11. The minimum atomic E-state index is -2.50. The number of halogens is 3. The molecule has 0 aliphatic rings. The SMILES string of the molecule is CCC(NC(Cc1ccccn1)=S(=O)=O)c1nc(-c2cc3c(Nc4ccc(OCc5cccc(F)c5)c(Cl)c4)ncnc3cc2F)cs1. The molecule has 14 heteroatoms. The quantitative estimate of drug-likeness (QED) is 0.131. The molecule has 3 aromatic carbocycles. The highest BCUT2D eigenvalue weighted by atomic mass is 35.5. The Morgan fingerprint density at radius 2 is 1.90 bits per heavy atom. The maximum atomic E-state index is 15.5. The molecule has 9 nitrogen and oxygen atoms in total. The number of anilines is 2. The topological polar surface area (TPSA) is 119 Å². The second-order valence-corrected chi connectivity index (χ2v) is 12.9. The molecule has 0 saturated heterocycles. The number of ether oxygens (including phenoxy) is 1. The standard InChI is InChI=1S/C34H27ClF2N6O3S2/c1-2-28(42-32(48(44)45)14-22-8-3-4-11-38-22)34-43-30(18-47-34)24-15-25-29(16-27(24)37)39-19-40-33(25)41-23-9-10-31(26(35)13-23)46-17-20-6-5-7-21(36)12-20/h3-13,15-16,18-19,28,42H,2,14,17H2,1H3,(H,39,40,41). The third kappa shape index (κ3) is 7.82. The van der Waals surface area contributed by atoms with Crippen molar-refractivity contribution in [1.29, 1.82) is 0 Å². The maximum absolute atomic E-state index is 15.5. The van der Waals surface area contributed by atoms with Gasteiger partial charge < -0.3 is 10.1 Å². The van der Waals surface area contributed by atoms with Crippen molar-refractivity contribution in [2.75, 3.05) is 5.32 Å². The summed E-state index contributed by atoms with van der Waals surface area (Å²) in [5.74, 6) is -0.0268. The monoisotopic (exact) mass is 704 g/mol. The lowest BCUT2D eigenvalue weighted by atomic mass is 10.1. The van der Waals surface area contributed by atoms with Crippen molar-refractivity contribution in [3.8, 4) is 17.0 Å². The highest BCUT2D eigenvalue weighted by Crippen LogP contribution is 2.35. The van der Waals surface area contributed by atoms with Crippen LogP contribution in [0.3, 0.4) is 0 Å². The van der Waals surface area contributed by atoms with Gasteiger partial charge in [0.2, 0.25) is 10.3 Å². The summed E-state index contributed by atoms with van der Waals surface area (Å²) in [6.45, 7) is 2.05. The molecule has 0 radical (unpaired) electrons. The zero-order valence-corrected chi connectivity index (χ0v) is 27.7. The lowest BCUT2D eigenvalue weighted by Crippen LogP contribution is -2.30. The van der Waals surface area contributed by atoms with Gasteiger partial charge in [0.05, 0.1) is 22.3 Å². The first kappa shape index (κ1) is 33.1. The first-order valence-electron chi connectivity index (χ1n) is 14.7. The highest BCUT2D eigenvalue weighted by molar-refractivity contribution is 7.72. The third-order valence-corrected chi connectivity index (χ3v) is 9.23. The zero-order chi connectivity index (χ0) is 33.6. The van der Waals surface area contributed by atoms with Gasteiger partial charge in [-0.05, 0) is 60.5 Å². The van der Waals surface area contributed by atoms with Crippen LogP contribution in [0.25, 0.3) is 22.2 Å². The van der Waals surface area contributed by atoms with E-state index in [0.29, 0.717) is 61.6 Å². The van der Waals surface area contributed by atoms with Crippen LogP contribution in [-0.4, -0.2) is 33.3 Å². The molecule has 3 heterocycles. The van der Waals surface area contributed by atoms with Crippen molar-refractivity contribution in [2.24, 2.45) is 0 Å². The first-order chi connectivity index (χ1) is 23.3. The molecule has 0 amide bonds. The van der Waals surface area contributed by atoms with Crippen LogP contribution in [0.5, 0.6) is 5.75 Å². The van der Waals surface area contributed by atoms with Gasteiger partial charge in [-0.1, -0.05) is 36.7 Å². The minimum absolute atomic E-state index is 0.0910. The normalized spacial score (nSPS) is 11.8. The Balaban J connectivity index is 1.22. The van der Waals surface area contributed by atoms with Crippen LogP contribution in [-0.2, 0) is 23.3 Å². The van der Waals surface area contributed by atoms with Crippen LogP contribution in [0.4, 0.5) is 20.3 Å². The number of aromatic nitrogens is 4. The fourth-order valence-electron chi connectivity index (χ4n) is 4.92. The van der Waals surface area contributed by atoms with Gasteiger partial charge >= 0.3 is 0 Å². The molecule has 3 aromatic heterocycles. The summed E-state index contributed by atoms with van der Waals surface area (Å²) in [4.78, 5) is 17.6. The van der Waals surface area contributed by atoms with E-state index >= 15 is 4.39 Å². The summed E-state index contributed by atoms with van der Waals surface area (Å²) in [6.07, 6.45) is 3.58. The number of pyridine rings is 1. The molecule has 0 saturated carbocycles. The van der Waals surface area contributed by atoms with Gasteiger partial charge in [-0.2, -0.15) is 8.42 Å². The van der Waals surface area contributed by atoms with Crippen LogP contribution in [0.15, 0.2) is 90.7 Å². The average molecular weight is 705 g/mol. The molecular formula is C34H27ClF2N6O3S2. The fourth-order valence-corrected chi connectivity index (χ4v) is 6.62. The number of thiazole rings is 1. The summed E-state index contributed by atoms with van der Waals surface area (Å²) in [6, 6.07) is 19.1. The molecule has 1 unspecified atom stereocenters. The van der Waals surface area contributed by atoms with Crippen molar-refractivity contribution in [3.63, 3.8) is 0 Å². The Kier molecular flexibility index (Phi) is 10.3. The smallest absolute Gasteiger partial charge is 0.228 e. The number of nitrogens with zero attached hydrogens (tertiary/aromatic N) is 4. The average Bonchev–Trinajstić information content (AvgIpc) is 3.56. The summed E-state index contributed by atoms with van der Waals surface area (Å²) >= 11 is 7.80. The van der Waals surface area contributed by atoms with Gasteiger partial charge in [0.1, 0.15) is 46.1 Å². The predicted molar refractivity (Wildman–Crippen MR) is 184 cm³/mol. The van der Waals surface area contributed by atoms with E-state index in [-0.39, 0.29) is 29.4 Å². The molecule has 1 atom stereocenters. The van der Waals surface area contributed by atoms with Gasteiger partial charge in [-0.3, -0.25) is 10.3 Å². The predicted octanol–water partition coefficient (Wildman–Crippen LogP) is 7.69. The van der Waals surface area contributed by atoms with E-state index in [0.717, 1.165) is 0 Å². The van der Waals surface area contributed by atoms with E-state index in [1.54, 1.807) is 66.2 Å². The molecule has 0 aliphatic heterocycles. The lowest BCUT2D eigenvalue weighted by molar-refractivity contribution is 0.306. The van der Waals surface area contributed by atoms with Gasteiger partial charge in [0.15, 0.2) is 0 Å². The van der Waals surface area contributed by atoms with Gasteiger partial charge in [-0.25, -0.2) is 23.7 Å². The summed E-state index contributed by atoms with van der Waals surface area (Å²) in [5, 5.41) is 9.53. The molecule has 2 N–H and O–H groups in total. The minimum Gasteiger partial charge on any atom is -0.487 e. The van der Waals surface area contributed by atoms with Crippen LogP contribution in [0.1, 0.15) is 35.7 Å². The Morgan fingerprint density at radius 3 is 2.65 bits per heavy atom. The zero-order valence-electron chi connectivity index (χ0n) is 25.3. The number of benzene rings is 3. The number of hydrogen-bond acceptors (Lipinski definition) is 9. The van der Waals surface area contributed by atoms with E-state index in [1.165, 1.54) is 35.9 Å². The van der Waals surface area contributed by atoms with E-state index in [2.05, 4.69) is 25.6 Å². The second kappa shape index (κ2) is 14.9. The molecular weight excluding hydrogens is 678 g/mol. The molecule has 6 aromatic rings. The molecule has 0 spiro atoms. The lowest BCUT2D eigenvalue weighted by Gasteiger charge is -2.14. The van der Waals surface area contributed by atoms with Crippen molar-refractivity contribution < 1.29 is 21.9 Å². The van der Waals surface area contributed by atoms with E-state index < -0.39 is 22.2 Å². The number of hydrogen-bond donors (Lipinski definition) is 2. The Bertz CT molecular complexity index is 2230. The molecule has 0 aliphatic carbocycles. The summed E-state index contributed by atoms with van der Waals surface area (Å²) < 4.78 is 58.8.